The summed E-state index contributed by atoms with van der Waals surface area (Å²) in [4.78, 5) is 30.5. The maximum absolute atomic E-state index is 12.7. The molecule has 6 rings (SSSR count). The molecule has 52 heavy (non-hydrogen) atoms. The van der Waals surface area contributed by atoms with Gasteiger partial charge in [0.1, 0.15) is 12.2 Å². The van der Waals surface area contributed by atoms with E-state index >= 15 is 0 Å². The molecule has 2 heterocycles. The van der Waals surface area contributed by atoms with Crippen LogP contribution in [-0.4, -0.2) is 73.5 Å². The molecule has 0 unspecified atom stereocenters. The third-order valence-corrected chi connectivity index (χ3v) is 10.3. The Balaban J connectivity index is 0.769. The van der Waals surface area contributed by atoms with Crippen LogP contribution >= 0.6 is 0 Å². The largest absolute Gasteiger partial charge is 0.446 e. The lowest BCUT2D eigenvalue weighted by atomic mass is 10.0. The number of likely N-dealkylation sites (tertiary alicyclic amines) is 2. The Bertz CT molecular complexity index is 1540. The molecule has 0 atom stereocenters. The van der Waals surface area contributed by atoms with E-state index in [1.165, 1.54) is 38.5 Å². The zero-order valence-corrected chi connectivity index (χ0v) is 30.4. The number of benzene rings is 4. The molecule has 0 spiro atoms. The van der Waals surface area contributed by atoms with Gasteiger partial charge in [-0.15, -0.1) is 0 Å². The van der Waals surface area contributed by atoms with Crippen LogP contribution in [0.15, 0.2) is 109 Å². The number of para-hydroxylation sites is 2. The summed E-state index contributed by atoms with van der Waals surface area (Å²) in [7, 11) is 0. The molecule has 0 radical (unpaired) electrons. The lowest BCUT2D eigenvalue weighted by molar-refractivity contribution is 0.0576. The van der Waals surface area contributed by atoms with Gasteiger partial charge in [-0.3, -0.25) is 10.6 Å². The zero-order valence-electron chi connectivity index (χ0n) is 30.4. The second-order valence-corrected chi connectivity index (χ2v) is 14.1. The van der Waals surface area contributed by atoms with E-state index in [4.69, 9.17) is 9.47 Å². The second-order valence-electron chi connectivity index (χ2n) is 14.1. The van der Waals surface area contributed by atoms with Crippen molar-refractivity contribution in [2.45, 2.75) is 76.4 Å². The maximum atomic E-state index is 12.7. The first-order chi connectivity index (χ1) is 25.6. The summed E-state index contributed by atoms with van der Waals surface area (Å²) in [5.41, 5.74) is 5.65. The third kappa shape index (κ3) is 11.4. The van der Waals surface area contributed by atoms with E-state index in [1.54, 1.807) is 0 Å². The number of hydrogen-bond acceptors (Lipinski definition) is 6. The van der Waals surface area contributed by atoms with Crippen LogP contribution in [0.25, 0.3) is 22.3 Å². The van der Waals surface area contributed by atoms with Crippen molar-refractivity contribution in [1.82, 2.24) is 9.80 Å². The molecule has 0 bridgehead atoms. The van der Waals surface area contributed by atoms with Gasteiger partial charge in [-0.1, -0.05) is 123 Å². The number of nitrogens with one attached hydrogen (secondary N) is 2. The van der Waals surface area contributed by atoms with Crippen LogP contribution < -0.4 is 10.6 Å². The van der Waals surface area contributed by atoms with Gasteiger partial charge in [0.05, 0.1) is 11.4 Å². The molecule has 0 aromatic heterocycles. The van der Waals surface area contributed by atoms with E-state index in [-0.39, 0.29) is 24.4 Å². The van der Waals surface area contributed by atoms with Crippen molar-refractivity contribution in [3.8, 4) is 22.3 Å². The van der Waals surface area contributed by atoms with Crippen molar-refractivity contribution in [3.63, 3.8) is 0 Å². The molecule has 2 fully saturated rings. The highest BCUT2D eigenvalue weighted by Gasteiger charge is 2.24. The predicted octanol–water partition coefficient (Wildman–Crippen LogP) is 10.1. The molecule has 8 heteroatoms. The molecule has 2 aliphatic rings. The standard InChI is InChI=1S/C44H54N4O4/c49-43(45-41-23-13-11-21-39(41)35-17-7-5-8-18-35)51-37-25-31-47(32-26-37)29-15-3-1-2-4-16-30-48-33-27-38(28-34-48)52-44(50)46-42-24-14-12-22-40(42)36-19-9-6-10-20-36/h5-14,17-24,37-38H,1-4,15-16,25-34H2,(H,45,49)(H,46,50). The Kier molecular flexibility index (Phi) is 14.1. The number of nitrogens with zero attached hydrogens (tertiary/aromatic N) is 2. The van der Waals surface area contributed by atoms with E-state index in [9.17, 15) is 9.59 Å². The highest BCUT2D eigenvalue weighted by molar-refractivity contribution is 5.92. The van der Waals surface area contributed by atoms with Gasteiger partial charge in [0.15, 0.2) is 0 Å². The predicted molar refractivity (Wildman–Crippen MR) is 211 cm³/mol. The molecular formula is C44H54N4O4. The Morgan fingerprint density at radius 2 is 0.827 bits per heavy atom. The molecule has 2 saturated heterocycles. The van der Waals surface area contributed by atoms with Gasteiger partial charge in [-0.2, -0.15) is 0 Å². The van der Waals surface area contributed by atoms with Gasteiger partial charge in [0.2, 0.25) is 0 Å². The van der Waals surface area contributed by atoms with Crippen LogP contribution in [0.1, 0.15) is 64.2 Å². The number of amides is 2. The molecule has 2 aliphatic heterocycles. The molecular weight excluding hydrogens is 649 g/mol. The summed E-state index contributed by atoms with van der Waals surface area (Å²) in [5, 5.41) is 5.95. The third-order valence-electron chi connectivity index (χ3n) is 10.3. The monoisotopic (exact) mass is 702 g/mol. The minimum Gasteiger partial charge on any atom is -0.446 e. The van der Waals surface area contributed by atoms with E-state index in [0.717, 1.165) is 98.6 Å². The van der Waals surface area contributed by atoms with Gasteiger partial charge >= 0.3 is 12.2 Å². The first-order valence-electron chi connectivity index (χ1n) is 19.3. The second kappa shape index (κ2) is 19.8. The Morgan fingerprint density at radius 3 is 1.23 bits per heavy atom. The minimum atomic E-state index is -0.373. The number of unbranched alkanes of at least 4 members (excludes halogenated alkanes) is 5. The van der Waals surface area contributed by atoms with Crippen molar-refractivity contribution < 1.29 is 19.1 Å². The smallest absolute Gasteiger partial charge is 0.411 e. The first-order valence-corrected chi connectivity index (χ1v) is 19.3. The molecule has 2 N–H and O–H groups in total. The molecule has 4 aromatic carbocycles. The molecule has 0 saturated carbocycles. The molecule has 0 aliphatic carbocycles. The van der Waals surface area contributed by atoms with Crippen molar-refractivity contribution in [2.24, 2.45) is 0 Å². The number of carbonyl (C=O) groups is 2. The van der Waals surface area contributed by atoms with Crippen molar-refractivity contribution >= 4 is 23.6 Å². The Labute approximate surface area is 309 Å². The normalized spacial score (nSPS) is 15.9. The van der Waals surface area contributed by atoms with E-state index in [1.807, 2.05) is 109 Å². The number of piperidine rings is 2. The van der Waals surface area contributed by atoms with Gasteiger partial charge in [0.25, 0.3) is 0 Å². The number of anilines is 2. The highest BCUT2D eigenvalue weighted by atomic mass is 16.6. The topological polar surface area (TPSA) is 83.1 Å². The maximum Gasteiger partial charge on any atom is 0.411 e. The highest BCUT2D eigenvalue weighted by Crippen LogP contribution is 2.29. The van der Waals surface area contributed by atoms with Crippen LogP contribution in [0.4, 0.5) is 21.0 Å². The fourth-order valence-electron chi connectivity index (χ4n) is 7.38. The number of carbonyl (C=O) groups excluding carboxylic acids is 2. The zero-order chi connectivity index (χ0) is 35.8. The summed E-state index contributed by atoms with van der Waals surface area (Å²) >= 11 is 0. The Hall–Kier alpha value is -4.66. The van der Waals surface area contributed by atoms with Crippen molar-refractivity contribution in [2.75, 3.05) is 49.9 Å². The molecule has 8 nitrogen and oxygen atoms in total. The molecule has 4 aromatic rings. The molecule has 2 amide bonds. The lowest BCUT2D eigenvalue weighted by Gasteiger charge is -2.31. The lowest BCUT2D eigenvalue weighted by Crippen LogP contribution is -2.39. The van der Waals surface area contributed by atoms with Gasteiger partial charge in [-0.25, -0.2) is 9.59 Å². The summed E-state index contributed by atoms with van der Waals surface area (Å²) in [6.45, 7) is 6.16. The number of ether oxygens (including phenoxy) is 2. The van der Waals surface area contributed by atoms with Crippen LogP contribution in [-0.2, 0) is 9.47 Å². The van der Waals surface area contributed by atoms with E-state index in [2.05, 4.69) is 20.4 Å². The fraction of sp³-hybridized carbons (Fsp3) is 0.409. The van der Waals surface area contributed by atoms with Gasteiger partial charge in [-0.05, 0) is 74.9 Å². The van der Waals surface area contributed by atoms with Crippen molar-refractivity contribution in [3.05, 3.63) is 109 Å². The average Bonchev–Trinajstić information content (AvgIpc) is 3.18. The van der Waals surface area contributed by atoms with Crippen LogP contribution in [0, 0.1) is 0 Å². The van der Waals surface area contributed by atoms with Crippen LogP contribution in [0.3, 0.4) is 0 Å². The number of hydrogen-bond donors (Lipinski definition) is 2. The summed E-state index contributed by atoms with van der Waals surface area (Å²) in [5.74, 6) is 0. The quantitative estimate of drug-likeness (QED) is 0.120. The summed E-state index contributed by atoms with van der Waals surface area (Å²) in [6.07, 6.45) is 10.2. The fourth-order valence-corrected chi connectivity index (χ4v) is 7.38. The van der Waals surface area contributed by atoms with Gasteiger partial charge < -0.3 is 19.3 Å². The Morgan fingerprint density at radius 1 is 0.481 bits per heavy atom. The average molecular weight is 703 g/mol. The SMILES string of the molecule is O=C(Nc1ccccc1-c1ccccc1)OC1CCN(CCCCCCCCN2CCC(OC(=O)Nc3ccccc3-c3ccccc3)CC2)CC1. The van der Waals surface area contributed by atoms with E-state index in [0.29, 0.717) is 0 Å². The first kappa shape index (κ1) is 37.1. The minimum absolute atomic E-state index is 0.0358. The summed E-state index contributed by atoms with van der Waals surface area (Å²) < 4.78 is 11.6. The van der Waals surface area contributed by atoms with Crippen LogP contribution in [0.2, 0.25) is 0 Å². The van der Waals surface area contributed by atoms with Gasteiger partial charge in [0, 0.05) is 37.3 Å². The molecule has 274 valence electrons. The van der Waals surface area contributed by atoms with E-state index < -0.39 is 0 Å². The summed E-state index contributed by atoms with van der Waals surface area (Å²) in [6, 6.07) is 35.9. The van der Waals surface area contributed by atoms with Crippen molar-refractivity contribution in [1.29, 1.82) is 0 Å². The van der Waals surface area contributed by atoms with Crippen LogP contribution in [0.5, 0.6) is 0 Å². The number of rotatable bonds is 15.